The van der Waals surface area contributed by atoms with Gasteiger partial charge in [0.05, 0.1) is 12.1 Å². The summed E-state index contributed by atoms with van der Waals surface area (Å²) in [7, 11) is 0. The van der Waals surface area contributed by atoms with Crippen molar-refractivity contribution in [3.05, 3.63) is 0 Å². The quantitative estimate of drug-likeness (QED) is 0.572. The highest BCUT2D eigenvalue weighted by atomic mass is 16.3. The van der Waals surface area contributed by atoms with Crippen LogP contribution in [0.2, 0.25) is 0 Å². The maximum absolute atomic E-state index is 11.4. The second-order valence-electron chi connectivity index (χ2n) is 4.78. The highest BCUT2D eigenvalue weighted by Crippen LogP contribution is 2.27. The van der Waals surface area contributed by atoms with Crippen LogP contribution in [-0.2, 0) is 4.79 Å². The first-order valence-corrected chi connectivity index (χ1v) is 6.29. The minimum atomic E-state index is -0.670. The summed E-state index contributed by atoms with van der Waals surface area (Å²) >= 11 is 0. The molecule has 1 aliphatic carbocycles. The minimum absolute atomic E-state index is 0.0291. The first kappa shape index (κ1) is 13.5. The van der Waals surface area contributed by atoms with Crippen molar-refractivity contribution >= 4 is 5.91 Å². The van der Waals surface area contributed by atoms with Gasteiger partial charge in [0.1, 0.15) is 0 Å². The zero-order chi connectivity index (χ0) is 12.0. The van der Waals surface area contributed by atoms with Gasteiger partial charge < -0.3 is 15.7 Å². The monoisotopic (exact) mass is 228 g/mol. The molecule has 1 amide bonds. The summed E-state index contributed by atoms with van der Waals surface area (Å²) in [5.41, 5.74) is -0.670. The van der Waals surface area contributed by atoms with Crippen molar-refractivity contribution in [3.63, 3.8) is 0 Å². The average molecular weight is 228 g/mol. The van der Waals surface area contributed by atoms with E-state index in [0.717, 1.165) is 6.54 Å². The van der Waals surface area contributed by atoms with Crippen LogP contribution < -0.4 is 10.6 Å². The predicted octanol–water partition coefficient (Wildman–Crippen LogP) is 0.653. The first-order valence-electron chi connectivity index (χ1n) is 6.29. The van der Waals surface area contributed by atoms with Gasteiger partial charge in [0.25, 0.3) is 0 Å². The summed E-state index contributed by atoms with van der Waals surface area (Å²) in [6, 6.07) is 0. The molecule has 4 heteroatoms. The van der Waals surface area contributed by atoms with Gasteiger partial charge in [-0.3, -0.25) is 4.79 Å². The number of amides is 1. The van der Waals surface area contributed by atoms with E-state index in [1.54, 1.807) is 0 Å². The van der Waals surface area contributed by atoms with Crippen molar-refractivity contribution in [2.24, 2.45) is 5.92 Å². The van der Waals surface area contributed by atoms with E-state index < -0.39 is 5.60 Å². The van der Waals surface area contributed by atoms with Crippen LogP contribution in [0.1, 0.15) is 39.5 Å². The van der Waals surface area contributed by atoms with Crippen LogP contribution >= 0.6 is 0 Å². The molecular formula is C12H24N2O2. The molecule has 0 radical (unpaired) electrons. The molecule has 94 valence electrons. The zero-order valence-electron chi connectivity index (χ0n) is 10.4. The smallest absolute Gasteiger partial charge is 0.233 e. The minimum Gasteiger partial charge on any atom is -0.389 e. The van der Waals surface area contributed by atoms with Gasteiger partial charge in [-0.15, -0.1) is 0 Å². The molecule has 0 aliphatic heterocycles. The fourth-order valence-electron chi connectivity index (χ4n) is 1.55. The number of hydrogen-bond acceptors (Lipinski definition) is 3. The molecule has 4 nitrogen and oxygen atoms in total. The van der Waals surface area contributed by atoms with Crippen LogP contribution in [0, 0.1) is 5.92 Å². The summed E-state index contributed by atoms with van der Waals surface area (Å²) in [6.07, 6.45) is 3.92. The third-order valence-electron chi connectivity index (χ3n) is 3.34. The molecule has 0 atom stereocenters. The van der Waals surface area contributed by atoms with Crippen LogP contribution in [0.5, 0.6) is 0 Å². The van der Waals surface area contributed by atoms with Crippen LogP contribution in [-0.4, -0.2) is 36.2 Å². The lowest BCUT2D eigenvalue weighted by atomic mass is 9.98. The second-order valence-corrected chi connectivity index (χ2v) is 4.78. The Labute approximate surface area is 97.8 Å². The molecule has 0 unspecified atom stereocenters. The Bertz CT molecular complexity index is 223. The lowest BCUT2D eigenvalue weighted by molar-refractivity contribution is -0.120. The third-order valence-corrected chi connectivity index (χ3v) is 3.34. The molecule has 16 heavy (non-hydrogen) atoms. The highest BCUT2D eigenvalue weighted by Gasteiger charge is 2.23. The molecule has 0 heterocycles. The van der Waals surface area contributed by atoms with Crippen molar-refractivity contribution in [2.45, 2.75) is 45.1 Å². The Balaban J connectivity index is 2.06. The molecule has 0 spiro atoms. The van der Waals surface area contributed by atoms with Gasteiger partial charge in [-0.1, -0.05) is 13.8 Å². The Morgan fingerprint density at radius 1 is 1.38 bits per heavy atom. The molecule has 0 aromatic carbocycles. The SMILES string of the molecule is CCC(O)(CC)CNCC(=O)NCC1CC1. The highest BCUT2D eigenvalue weighted by molar-refractivity contribution is 5.77. The molecule has 1 saturated carbocycles. The first-order chi connectivity index (χ1) is 7.59. The van der Waals surface area contributed by atoms with Gasteiger partial charge in [0, 0.05) is 13.1 Å². The van der Waals surface area contributed by atoms with E-state index in [2.05, 4.69) is 10.6 Å². The molecule has 3 N–H and O–H groups in total. The molecule has 1 fully saturated rings. The maximum Gasteiger partial charge on any atom is 0.233 e. The molecule has 1 aliphatic rings. The van der Waals surface area contributed by atoms with Crippen LogP contribution in [0.4, 0.5) is 0 Å². The average Bonchev–Trinajstić information content (AvgIpc) is 3.10. The van der Waals surface area contributed by atoms with E-state index in [4.69, 9.17) is 0 Å². The molecule has 1 rings (SSSR count). The van der Waals surface area contributed by atoms with Gasteiger partial charge >= 0.3 is 0 Å². The lowest BCUT2D eigenvalue weighted by Crippen LogP contribution is -2.43. The van der Waals surface area contributed by atoms with E-state index >= 15 is 0 Å². The standard InChI is InChI=1S/C12H24N2O2/c1-3-12(16,4-2)9-13-8-11(15)14-7-10-5-6-10/h10,13,16H,3-9H2,1-2H3,(H,14,15). The fourth-order valence-corrected chi connectivity index (χ4v) is 1.55. The fraction of sp³-hybridized carbons (Fsp3) is 0.917. The van der Waals surface area contributed by atoms with Crippen molar-refractivity contribution in [3.8, 4) is 0 Å². The number of hydrogen-bond donors (Lipinski definition) is 3. The second kappa shape index (κ2) is 6.21. The normalized spacial score (nSPS) is 16.2. The number of carbonyl (C=O) groups excluding carboxylic acids is 1. The van der Waals surface area contributed by atoms with Gasteiger partial charge in [-0.2, -0.15) is 0 Å². The van der Waals surface area contributed by atoms with Crippen molar-refractivity contribution in [1.82, 2.24) is 10.6 Å². The van der Waals surface area contributed by atoms with Crippen LogP contribution in [0.15, 0.2) is 0 Å². The number of nitrogens with one attached hydrogen (secondary N) is 2. The van der Waals surface area contributed by atoms with E-state index in [-0.39, 0.29) is 5.91 Å². The predicted molar refractivity (Wildman–Crippen MR) is 64.1 cm³/mol. The van der Waals surface area contributed by atoms with E-state index in [1.807, 2.05) is 13.8 Å². The van der Waals surface area contributed by atoms with Gasteiger partial charge in [-0.25, -0.2) is 0 Å². The largest absolute Gasteiger partial charge is 0.389 e. The molecular weight excluding hydrogens is 204 g/mol. The Hall–Kier alpha value is -0.610. The molecule has 0 bridgehead atoms. The summed E-state index contributed by atoms with van der Waals surface area (Å²) < 4.78 is 0. The summed E-state index contributed by atoms with van der Waals surface area (Å²) in [4.78, 5) is 11.4. The molecule has 0 saturated heterocycles. The van der Waals surface area contributed by atoms with Crippen molar-refractivity contribution in [2.75, 3.05) is 19.6 Å². The number of carbonyl (C=O) groups is 1. The van der Waals surface area contributed by atoms with Gasteiger partial charge in [-0.05, 0) is 31.6 Å². The summed E-state index contributed by atoms with van der Waals surface area (Å²) in [6.45, 7) is 5.51. The van der Waals surface area contributed by atoms with E-state index in [9.17, 15) is 9.90 Å². The zero-order valence-corrected chi connectivity index (χ0v) is 10.4. The van der Waals surface area contributed by atoms with Crippen molar-refractivity contribution in [1.29, 1.82) is 0 Å². The van der Waals surface area contributed by atoms with Crippen molar-refractivity contribution < 1.29 is 9.90 Å². The summed E-state index contributed by atoms with van der Waals surface area (Å²) in [5, 5.41) is 15.9. The maximum atomic E-state index is 11.4. The molecule has 0 aromatic rings. The van der Waals surface area contributed by atoms with Gasteiger partial charge in [0.15, 0.2) is 0 Å². The number of aliphatic hydroxyl groups is 1. The van der Waals surface area contributed by atoms with Gasteiger partial charge in [0.2, 0.25) is 5.91 Å². The Morgan fingerprint density at radius 3 is 2.50 bits per heavy atom. The van der Waals surface area contributed by atoms with Crippen LogP contribution in [0.25, 0.3) is 0 Å². The lowest BCUT2D eigenvalue weighted by Gasteiger charge is -2.25. The third kappa shape index (κ3) is 4.94. The Morgan fingerprint density at radius 2 is 2.00 bits per heavy atom. The summed E-state index contributed by atoms with van der Waals surface area (Å²) in [5.74, 6) is 0.744. The van der Waals surface area contributed by atoms with E-state index in [1.165, 1.54) is 12.8 Å². The topological polar surface area (TPSA) is 61.4 Å². The number of rotatable bonds is 8. The molecule has 0 aromatic heterocycles. The van der Waals surface area contributed by atoms with E-state index in [0.29, 0.717) is 31.8 Å². The van der Waals surface area contributed by atoms with Crippen LogP contribution in [0.3, 0.4) is 0 Å². The Kier molecular flexibility index (Phi) is 5.22.